The number of furan rings is 1. The van der Waals surface area contributed by atoms with Gasteiger partial charge in [0.15, 0.2) is 0 Å². The summed E-state index contributed by atoms with van der Waals surface area (Å²) in [6.07, 6.45) is 0. The second-order valence-electron chi connectivity index (χ2n) is 16.5. The van der Waals surface area contributed by atoms with Gasteiger partial charge in [-0.1, -0.05) is 170 Å². The van der Waals surface area contributed by atoms with E-state index in [1.807, 2.05) is 12.1 Å². The average Bonchev–Trinajstić information content (AvgIpc) is 4.02. The summed E-state index contributed by atoms with van der Waals surface area (Å²) in [4.78, 5) is 0. The minimum absolute atomic E-state index is 0.916. The van der Waals surface area contributed by atoms with Crippen molar-refractivity contribution in [3.63, 3.8) is 0 Å². The summed E-state index contributed by atoms with van der Waals surface area (Å²) in [5, 5.41) is 7.32. The van der Waals surface area contributed by atoms with Gasteiger partial charge < -0.3 is 13.6 Å². The predicted octanol–water partition coefficient (Wildman–Crippen LogP) is 16.4. The largest absolute Gasteiger partial charge is 0.456 e. The summed E-state index contributed by atoms with van der Waals surface area (Å²) in [6, 6.07) is 83.4. The summed E-state index contributed by atoms with van der Waals surface area (Å²) in [7, 11) is 0. The smallest absolute Gasteiger partial charge is 0.136 e. The Balaban J connectivity index is 0.844. The van der Waals surface area contributed by atoms with Crippen LogP contribution in [0.3, 0.4) is 0 Å². The third-order valence-corrected chi connectivity index (χ3v) is 13.0. The van der Waals surface area contributed by atoms with Crippen LogP contribution in [-0.2, 0) is 0 Å². The van der Waals surface area contributed by atoms with Gasteiger partial charge in [0, 0.05) is 43.7 Å². The third-order valence-electron chi connectivity index (χ3n) is 13.0. The molecule has 63 heavy (non-hydrogen) atoms. The molecule has 0 saturated carbocycles. The van der Waals surface area contributed by atoms with Crippen LogP contribution in [0.1, 0.15) is 0 Å². The monoisotopic (exact) mass is 802 g/mol. The van der Waals surface area contributed by atoms with Crippen LogP contribution in [0.15, 0.2) is 235 Å². The number of nitrogens with zero attached hydrogens (tertiary/aromatic N) is 2. The zero-order chi connectivity index (χ0) is 41.4. The Bertz CT molecular complexity index is 3870. The minimum Gasteiger partial charge on any atom is -0.456 e. The molecule has 0 N–H and O–H groups in total. The van der Waals surface area contributed by atoms with Crippen LogP contribution in [0.5, 0.6) is 0 Å². The topological polar surface area (TPSA) is 23.0 Å². The zero-order valence-corrected chi connectivity index (χ0v) is 34.2. The predicted molar refractivity (Wildman–Crippen MR) is 264 cm³/mol. The van der Waals surface area contributed by atoms with Crippen molar-refractivity contribution in [2.75, 3.05) is 0 Å². The number of benzene rings is 10. The molecule has 0 amide bonds. The Morgan fingerprint density at radius 3 is 1.43 bits per heavy atom. The van der Waals surface area contributed by atoms with E-state index in [-0.39, 0.29) is 0 Å². The fraction of sp³-hybridized carbons (Fsp3) is 0. The lowest BCUT2D eigenvalue weighted by Crippen LogP contribution is -1.94. The van der Waals surface area contributed by atoms with E-state index in [2.05, 4.69) is 228 Å². The molecule has 3 heterocycles. The van der Waals surface area contributed by atoms with Gasteiger partial charge in [-0.15, -0.1) is 0 Å². The first-order chi connectivity index (χ1) is 31.2. The maximum atomic E-state index is 6.17. The number of rotatable bonds is 6. The number of fused-ring (bicyclic) bond motifs is 9. The Morgan fingerprint density at radius 1 is 0.254 bits per heavy atom. The molecule has 0 aliphatic rings. The van der Waals surface area contributed by atoms with Crippen molar-refractivity contribution in [2.24, 2.45) is 0 Å². The molecule has 13 rings (SSSR count). The van der Waals surface area contributed by atoms with Gasteiger partial charge in [-0.25, -0.2) is 0 Å². The maximum Gasteiger partial charge on any atom is 0.136 e. The van der Waals surface area contributed by atoms with Crippen LogP contribution in [0.25, 0.3) is 121 Å². The fourth-order valence-electron chi connectivity index (χ4n) is 10.0. The standard InChI is InChI=1S/C60H38N2O/c1-2-12-45(13-3-1)61-54-20-8-5-15-51(54)59-48(17-10-21-55(59)61)44-34-37-50-49-14-4-7-19-53(49)62(56(50)38-44)46-35-32-42(33-36-46)40-26-24-39(25-27-40)41-28-30-43(31-29-41)47-18-11-23-58-60(47)52-16-6-9-22-57(52)63-58/h1-38H. The van der Waals surface area contributed by atoms with Crippen LogP contribution in [0, 0.1) is 0 Å². The number of hydrogen-bond donors (Lipinski definition) is 0. The van der Waals surface area contributed by atoms with E-state index in [9.17, 15) is 0 Å². The highest BCUT2D eigenvalue weighted by Crippen LogP contribution is 2.42. The van der Waals surface area contributed by atoms with Gasteiger partial charge in [0.05, 0.1) is 22.1 Å². The molecule has 0 spiro atoms. The van der Waals surface area contributed by atoms with E-state index < -0.39 is 0 Å². The molecular formula is C60H38N2O. The molecule has 3 nitrogen and oxygen atoms in total. The van der Waals surface area contributed by atoms with E-state index in [0.717, 1.165) is 33.3 Å². The second-order valence-corrected chi connectivity index (χ2v) is 16.5. The molecule has 0 aliphatic heterocycles. The lowest BCUT2D eigenvalue weighted by atomic mass is 9.96. The summed E-state index contributed by atoms with van der Waals surface area (Å²) < 4.78 is 11.0. The molecule has 0 radical (unpaired) electrons. The molecule has 0 fully saturated rings. The van der Waals surface area contributed by atoms with Gasteiger partial charge in [0.2, 0.25) is 0 Å². The molecule has 0 aliphatic carbocycles. The highest BCUT2D eigenvalue weighted by molar-refractivity contribution is 6.17. The molecule has 294 valence electrons. The van der Waals surface area contributed by atoms with E-state index in [1.54, 1.807) is 0 Å². The summed E-state index contributed by atoms with van der Waals surface area (Å²) in [6.45, 7) is 0. The van der Waals surface area contributed by atoms with Crippen molar-refractivity contribution < 1.29 is 4.42 Å². The lowest BCUT2D eigenvalue weighted by Gasteiger charge is -2.12. The first-order valence-corrected chi connectivity index (χ1v) is 21.6. The van der Waals surface area contributed by atoms with Crippen molar-refractivity contribution in [2.45, 2.75) is 0 Å². The quantitative estimate of drug-likeness (QED) is 0.164. The van der Waals surface area contributed by atoms with E-state index >= 15 is 0 Å². The SMILES string of the molecule is c1ccc(-n2c3ccccc3c3c(-c4ccc5c6ccccc6n(-c6ccc(-c7ccc(-c8ccc(-c9cccc%10oc%11ccccc%11c9%10)cc8)cc7)cc6)c5c4)cccc32)cc1. The second kappa shape index (κ2) is 14.1. The minimum atomic E-state index is 0.916. The summed E-state index contributed by atoms with van der Waals surface area (Å²) in [5.41, 5.74) is 18.5. The Hall–Kier alpha value is -8.40. The fourth-order valence-corrected chi connectivity index (χ4v) is 10.0. The van der Waals surface area contributed by atoms with Crippen LogP contribution >= 0.6 is 0 Å². The Labute approximate surface area is 363 Å². The van der Waals surface area contributed by atoms with Crippen molar-refractivity contribution in [3.05, 3.63) is 231 Å². The van der Waals surface area contributed by atoms with Crippen molar-refractivity contribution in [1.82, 2.24) is 9.13 Å². The highest BCUT2D eigenvalue weighted by atomic mass is 16.3. The summed E-state index contributed by atoms with van der Waals surface area (Å²) in [5.74, 6) is 0. The Morgan fingerprint density at radius 2 is 0.714 bits per heavy atom. The Kier molecular flexibility index (Phi) is 7.91. The number of hydrogen-bond acceptors (Lipinski definition) is 1. The average molecular weight is 803 g/mol. The van der Waals surface area contributed by atoms with Gasteiger partial charge in [0.1, 0.15) is 11.2 Å². The molecule has 3 aromatic heterocycles. The molecule has 10 aromatic carbocycles. The van der Waals surface area contributed by atoms with Crippen molar-refractivity contribution in [1.29, 1.82) is 0 Å². The van der Waals surface area contributed by atoms with Gasteiger partial charge in [-0.2, -0.15) is 0 Å². The number of aromatic nitrogens is 2. The van der Waals surface area contributed by atoms with Crippen LogP contribution in [0.4, 0.5) is 0 Å². The molecule has 0 bridgehead atoms. The van der Waals surface area contributed by atoms with E-state index in [4.69, 9.17) is 4.42 Å². The van der Waals surface area contributed by atoms with Crippen LogP contribution in [-0.4, -0.2) is 9.13 Å². The molecule has 13 aromatic rings. The van der Waals surface area contributed by atoms with Gasteiger partial charge in [-0.05, 0) is 105 Å². The molecule has 3 heteroatoms. The van der Waals surface area contributed by atoms with Crippen LogP contribution < -0.4 is 0 Å². The van der Waals surface area contributed by atoms with Crippen molar-refractivity contribution >= 4 is 65.6 Å². The number of para-hydroxylation sites is 4. The highest BCUT2D eigenvalue weighted by Gasteiger charge is 2.19. The first kappa shape index (κ1) is 35.4. The molecule has 0 saturated heterocycles. The third kappa shape index (κ3) is 5.60. The van der Waals surface area contributed by atoms with Crippen molar-refractivity contribution in [3.8, 4) is 55.9 Å². The van der Waals surface area contributed by atoms with Gasteiger partial charge in [-0.3, -0.25) is 0 Å². The normalized spacial score (nSPS) is 11.8. The van der Waals surface area contributed by atoms with E-state index in [0.29, 0.717) is 0 Å². The summed E-state index contributed by atoms with van der Waals surface area (Å²) >= 11 is 0. The van der Waals surface area contributed by atoms with Gasteiger partial charge in [0.25, 0.3) is 0 Å². The van der Waals surface area contributed by atoms with Crippen LogP contribution in [0.2, 0.25) is 0 Å². The molecule has 0 unspecified atom stereocenters. The van der Waals surface area contributed by atoms with E-state index in [1.165, 1.54) is 88.1 Å². The molecular weight excluding hydrogens is 765 g/mol. The maximum absolute atomic E-state index is 6.17. The first-order valence-electron chi connectivity index (χ1n) is 21.6. The zero-order valence-electron chi connectivity index (χ0n) is 34.2. The van der Waals surface area contributed by atoms with Gasteiger partial charge >= 0.3 is 0 Å². The lowest BCUT2D eigenvalue weighted by molar-refractivity contribution is 0.669. The molecule has 0 atom stereocenters.